The van der Waals surface area contributed by atoms with Crippen LogP contribution in [0.2, 0.25) is 5.02 Å². The van der Waals surface area contributed by atoms with Crippen molar-refractivity contribution in [2.24, 2.45) is 5.73 Å². The highest BCUT2D eigenvalue weighted by Gasteiger charge is 1.96. The largest absolute Gasteiger partial charge is 0.325 e. The fourth-order valence-electron chi connectivity index (χ4n) is 1.64. The lowest BCUT2D eigenvalue weighted by atomic mass is 10.1. The summed E-state index contributed by atoms with van der Waals surface area (Å²) in [5, 5.41) is 0.759. The standard InChI is InChI=1S/C15H16ClN2/c16-15-5-3-13(4-6-15)1-2-14-7-10-18(11-8-14)12-9-17/h1-8,10-11H,9,12,17H2/q+1/b2-1+. The third kappa shape index (κ3) is 3.69. The molecule has 2 nitrogen and oxygen atoms in total. The third-order valence-electron chi connectivity index (χ3n) is 2.64. The van der Waals surface area contributed by atoms with Gasteiger partial charge in [0.1, 0.15) is 0 Å². The van der Waals surface area contributed by atoms with Crippen molar-refractivity contribution in [1.82, 2.24) is 0 Å². The van der Waals surface area contributed by atoms with E-state index in [1.165, 1.54) is 5.56 Å². The quantitative estimate of drug-likeness (QED) is 0.841. The van der Waals surface area contributed by atoms with Crippen molar-refractivity contribution in [3.63, 3.8) is 0 Å². The Balaban J connectivity index is 2.06. The first-order valence-electron chi connectivity index (χ1n) is 5.91. The Morgan fingerprint density at radius 2 is 1.50 bits per heavy atom. The molecule has 2 aromatic rings. The van der Waals surface area contributed by atoms with Gasteiger partial charge < -0.3 is 5.73 Å². The van der Waals surface area contributed by atoms with Gasteiger partial charge in [0.05, 0.1) is 6.54 Å². The van der Waals surface area contributed by atoms with E-state index in [1.807, 2.05) is 36.7 Å². The molecule has 1 heterocycles. The Morgan fingerprint density at radius 3 is 2.06 bits per heavy atom. The van der Waals surface area contributed by atoms with Gasteiger partial charge in [-0.1, -0.05) is 35.9 Å². The van der Waals surface area contributed by atoms with Crippen LogP contribution >= 0.6 is 11.6 Å². The van der Waals surface area contributed by atoms with E-state index in [1.54, 1.807) is 0 Å². The Labute approximate surface area is 112 Å². The molecule has 3 heteroatoms. The maximum Gasteiger partial charge on any atom is 0.169 e. The first-order valence-corrected chi connectivity index (χ1v) is 6.28. The summed E-state index contributed by atoms with van der Waals surface area (Å²) in [5.74, 6) is 0. The number of hydrogen-bond donors (Lipinski definition) is 1. The highest BCUT2D eigenvalue weighted by Crippen LogP contribution is 2.12. The minimum absolute atomic E-state index is 0.657. The molecule has 2 rings (SSSR count). The van der Waals surface area contributed by atoms with Gasteiger partial charge in [-0.2, -0.15) is 0 Å². The molecule has 0 amide bonds. The lowest BCUT2D eigenvalue weighted by Gasteiger charge is -1.96. The van der Waals surface area contributed by atoms with E-state index in [4.69, 9.17) is 17.3 Å². The van der Waals surface area contributed by atoms with Gasteiger partial charge in [0, 0.05) is 17.2 Å². The highest BCUT2D eigenvalue weighted by atomic mass is 35.5. The normalized spacial score (nSPS) is 11.0. The van der Waals surface area contributed by atoms with E-state index in [-0.39, 0.29) is 0 Å². The predicted molar refractivity (Wildman–Crippen MR) is 76.1 cm³/mol. The van der Waals surface area contributed by atoms with E-state index in [9.17, 15) is 0 Å². The van der Waals surface area contributed by atoms with Crippen LogP contribution in [-0.4, -0.2) is 6.54 Å². The van der Waals surface area contributed by atoms with Crippen LogP contribution in [0, 0.1) is 0 Å². The molecule has 0 aliphatic rings. The van der Waals surface area contributed by atoms with Crippen molar-refractivity contribution in [1.29, 1.82) is 0 Å². The summed E-state index contributed by atoms with van der Waals surface area (Å²) in [6.45, 7) is 1.51. The average Bonchev–Trinajstić information content (AvgIpc) is 2.40. The Bertz CT molecular complexity index is 515. The number of hydrogen-bond acceptors (Lipinski definition) is 1. The van der Waals surface area contributed by atoms with E-state index < -0.39 is 0 Å². The monoisotopic (exact) mass is 259 g/mol. The topological polar surface area (TPSA) is 29.9 Å². The van der Waals surface area contributed by atoms with Gasteiger partial charge in [-0.25, -0.2) is 4.57 Å². The summed E-state index contributed by atoms with van der Waals surface area (Å²) in [4.78, 5) is 0. The van der Waals surface area contributed by atoms with Gasteiger partial charge in [0.15, 0.2) is 18.9 Å². The molecule has 0 unspecified atom stereocenters. The average molecular weight is 260 g/mol. The van der Waals surface area contributed by atoms with E-state index in [0.29, 0.717) is 6.54 Å². The molecule has 0 radical (unpaired) electrons. The predicted octanol–water partition coefficient (Wildman–Crippen LogP) is 2.76. The van der Waals surface area contributed by atoms with Gasteiger partial charge >= 0.3 is 0 Å². The third-order valence-corrected chi connectivity index (χ3v) is 2.89. The van der Waals surface area contributed by atoms with Crippen LogP contribution in [0.5, 0.6) is 0 Å². The zero-order chi connectivity index (χ0) is 12.8. The second kappa shape index (κ2) is 6.34. The molecule has 0 aliphatic heterocycles. The van der Waals surface area contributed by atoms with Gasteiger partial charge in [0.2, 0.25) is 0 Å². The fourth-order valence-corrected chi connectivity index (χ4v) is 1.77. The number of halogens is 1. The molecule has 1 aromatic heterocycles. The second-order valence-electron chi connectivity index (χ2n) is 4.04. The maximum absolute atomic E-state index is 5.84. The van der Waals surface area contributed by atoms with Gasteiger partial charge in [-0.15, -0.1) is 0 Å². The van der Waals surface area contributed by atoms with Crippen LogP contribution in [0.4, 0.5) is 0 Å². The van der Waals surface area contributed by atoms with Crippen LogP contribution in [-0.2, 0) is 6.54 Å². The number of nitrogens with two attached hydrogens (primary N) is 1. The van der Waals surface area contributed by atoms with E-state index >= 15 is 0 Å². The molecule has 0 atom stereocenters. The molecule has 0 fully saturated rings. The molecule has 92 valence electrons. The van der Waals surface area contributed by atoms with Gasteiger partial charge in [0.25, 0.3) is 0 Å². The highest BCUT2D eigenvalue weighted by molar-refractivity contribution is 6.30. The molecule has 18 heavy (non-hydrogen) atoms. The van der Waals surface area contributed by atoms with Crippen LogP contribution in [0.1, 0.15) is 11.1 Å². The number of rotatable bonds is 4. The van der Waals surface area contributed by atoms with E-state index in [2.05, 4.69) is 28.9 Å². The molecule has 0 aliphatic carbocycles. The zero-order valence-electron chi connectivity index (χ0n) is 10.1. The smallest absolute Gasteiger partial charge is 0.169 e. The molecule has 0 saturated carbocycles. The summed E-state index contributed by atoms with van der Waals surface area (Å²) in [5.41, 5.74) is 7.80. The first-order chi connectivity index (χ1) is 8.78. The summed E-state index contributed by atoms with van der Waals surface area (Å²) in [7, 11) is 0. The SMILES string of the molecule is NCC[n+]1ccc(/C=C/c2ccc(Cl)cc2)cc1. The van der Waals surface area contributed by atoms with Gasteiger partial charge in [-0.05, 0) is 23.3 Å². The number of pyridine rings is 1. The Kier molecular flexibility index (Phi) is 4.51. The molecule has 0 saturated heterocycles. The number of aromatic nitrogens is 1. The van der Waals surface area contributed by atoms with Crippen molar-refractivity contribution >= 4 is 23.8 Å². The lowest BCUT2D eigenvalue weighted by molar-refractivity contribution is -0.694. The minimum Gasteiger partial charge on any atom is -0.325 e. The maximum atomic E-state index is 5.84. The van der Waals surface area contributed by atoms with E-state index in [0.717, 1.165) is 17.1 Å². The van der Waals surface area contributed by atoms with Crippen molar-refractivity contribution in [3.8, 4) is 0 Å². The zero-order valence-corrected chi connectivity index (χ0v) is 10.8. The number of benzene rings is 1. The number of nitrogens with zero attached hydrogens (tertiary/aromatic N) is 1. The molecular weight excluding hydrogens is 244 g/mol. The van der Waals surface area contributed by atoms with Crippen LogP contribution < -0.4 is 10.3 Å². The van der Waals surface area contributed by atoms with Crippen molar-refractivity contribution in [2.75, 3.05) is 6.54 Å². The van der Waals surface area contributed by atoms with Gasteiger partial charge in [-0.3, -0.25) is 0 Å². The molecule has 1 aromatic carbocycles. The van der Waals surface area contributed by atoms with Crippen LogP contribution in [0.3, 0.4) is 0 Å². The summed E-state index contributed by atoms with van der Waals surface area (Å²) in [6, 6.07) is 11.9. The van der Waals surface area contributed by atoms with Crippen LogP contribution in [0.15, 0.2) is 48.8 Å². The summed E-state index contributed by atoms with van der Waals surface area (Å²) < 4.78 is 2.07. The van der Waals surface area contributed by atoms with Crippen molar-refractivity contribution in [3.05, 3.63) is 64.9 Å². The lowest BCUT2D eigenvalue weighted by Crippen LogP contribution is -2.36. The Morgan fingerprint density at radius 1 is 0.944 bits per heavy atom. The van der Waals surface area contributed by atoms with Crippen molar-refractivity contribution in [2.45, 2.75) is 6.54 Å². The summed E-state index contributed by atoms with van der Waals surface area (Å²) in [6.07, 6.45) is 8.22. The van der Waals surface area contributed by atoms with Crippen molar-refractivity contribution < 1.29 is 4.57 Å². The fraction of sp³-hybridized carbons (Fsp3) is 0.133. The minimum atomic E-state index is 0.657. The molecule has 0 bridgehead atoms. The molecule has 2 N–H and O–H groups in total. The molecular formula is C15H16ClN2+. The first kappa shape index (κ1) is 12.8. The summed E-state index contributed by atoms with van der Waals surface area (Å²) >= 11 is 5.84. The second-order valence-corrected chi connectivity index (χ2v) is 4.48. The molecule has 0 spiro atoms. The van der Waals surface area contributed by atoms with Crippen LogP contribution in [0.25, 0.3) is 12.2 Å². The Hall–Kier alpha value is -1.64.